The van der Waals surface area contributed by atoms with Gasteiger partial charge in [-0.2, -0.15) is 0 Å². The summed E-state index contributed by atoms with van der Waals surface area (Å²) in [6.07, 6.45) is 0.640. The predicted molar refractivity (Wildman–Crippen MR) is 71.3 cm³/mol. The first-order chi connectivity index (χ1) is 9.58. The molecule has 0 saturated heterocycles. The Balaban J connectivity index is 2.11. The van der Waals surface area contributed by atoms with Gasteiger partial charge in [0.25, 0.3) is 0 Å². The Bertz CT molecular complexity index is 567. The first-order valence-corrected chi connectivity index (χ1v) is 6.23. The van der Waals surface area contributed by atoms with Crippen LogP contribution >= 0.6 is 0 Å². The van der Waals surface area contributed by atoms with Crippen LogP contribution in [0, 0.1) is 17.5 Å². The van der Waals surface area contributed by atoms with Crippen molar-refractivity contribution in [3.63, 3.8) is 0 Å². The average Bonchev–Trinajstić information content (AvgIpc) is 2.39. The lowest BCUT2D eigenvalue weighted by atomic mass is 9.99. The van der Waals surface area contributed by atoms with Gasteiger partial charge < -0.3 is 0 Å². The third-order valence-electron chi connectivity index (χ3n) is 3.06. The first-order valence-electron chi connectivity index (χ1n) is 6.23. The summed E-state index contributed by atoms with van der Waals surface area (Å²) in [6, 6.07) is 9.35. The highest BCUT2D eigenvalue weighted by Crippen LogP contribution is 2.14. The molecule has 0 aliphatic rings. The fourth-order valence-electron chi connectivity index (χ4n) is 2.13. The van der Waals surface area contributed by atoms with Gasteiger partial charge in [-0.25, -0.2) is 13.2 Å². The molecule has 106 valence electrons. The summed E-state index contributed by atoms with van der Waals surface area (Å²) >= 11 is 0. The first kappa shape index (κ1) is 14.6. The van der Waals surface area contributed by atoms with Crippen LogP contribution in [0.2, 0.25) is 0 Å². The second kappa shape index (κ2) is 6.54. The van der Waals surface area contributed by atoms with Gasteiger partial charge in [-0.3, -0.25) is 11.3 Å². The van der Waals surface area contributed by atoms with Crippen LogP contribution in [0.15, 0.2) is 42.5 Å². The summed E-state index contributed by atoms with van der Waals surface area (Å²) in [6.45, 7) is 0. The fourth-order valence-corrected chi connectivity index (χ4v) is 2.13. The van der Waals surface area contributed by atoms with E-state index in [0.29, 0.717) is 24.0 Å². The number of hydrogen-bond acceptors (Lipinski definition) is 2. The van der Waals surface area contributed by atoms with E-state index in [1.165, 1.54) is 18.2 Å². The van der Waals surface area contributed by atoms with Crippen LogP contribution in [0.25, 0.3) is 0 Å². The summed E-state index contributed by atoms with van der Waals surface area (Å²) in [5.41, 5.74) is 3.53. The molecule has 2 rings (SSSR count). The van der Waals surface area contributed by atoms with Gasteiger partial charge in [0.15, 0.2) is 0 Å². The van der Waals surface area contributed by atoms with Gasteiger partial charge in [0, 0.05) is 12.1 Å². The van der Waals surface area contributed by atoms with Crippen LogP contribution in [-0.4, -0.2) is 6.04 Å². The lowest BCUT2D eigenvalue weighted by Gasteiger charge is -2.16. The van der Waals surface area contributed by atoms with Crippen molar-refractivity contribution in [2.45, 2.75) is 18.9 Å². The standard InChI is InChI=1S/C15H15F3N2/c16-12-5-10(6-13(17)9-12)7-14(20-19)8-11-3-1-2-4-15(11)18/h1-6,9,14,20H,7-8,19H2. The van der Waals surface area contributed by atoms with Crippen molar-refractivity contribution >= 4 is 0 Å². The molecule has 3 N–H and O–H groups in total. The number of benzene rings is 2. The molecule has 0 fully saturated rings. The molecule has 2 aromatic rings. The Kier molecular flexibility index (Phi) is 4.76. The van der Waals surface area contributed by atoms with Crippen LogP contribution < -0.4 is 11.3 Å². The Morgan fingerprint density at radius 3 is 2.20 bits per heavy atom. The van der Waals surface area contributed by atoms with Gasteiger partial charge >= 0.3 is 0 Å². The van der Waals surface area contributed by atoms with E-state index in [4.69, 9.17) is 5.84 Å². The molecule has 0 heterocycles. The van der Waals surface area contributed by atoms with Crippen LogP contribution in [-0.2, 0) is 12.8 Å². The zero-order valence-electron chi connectivity index (χ0n) is 10.7. The topological polar surface area (TPSA) is 38.0 Å². The second-order valence-corrected chi connectivity index (χ2v) is 4.64. The molecule has 0 aliphatic heterocycles. The summed E-state index contributed by atoms with van der Waals surface area (Å²) in [4.78, 5) is 0. The maximum Gasteiger partial charge on any atom is 0.126 e. The van der Waals surface area contributed by atoms with Crippen molar-refractivity contribution in [2.75, 3.05) is 0 Å². The zero-order chi connectivity index (χ0) is 14.5. The summed E-state index contributed by atoms with van der Waals surface area (Å²) < 4.78 is 39.8. The van der Waals surface area contributed by atoms with E-state index in [2.05, 4.69) is 5.43 Å². The molecule has 0 aromatic heterocycles. The SMILES string of the molecule is NNC(Cc1cc(F)cc(F)c1)Cc1ccccc1F. The van der Waals surface area contributed by atoms with E-state index in [-0.39, 0.29) is 11.9 Å². The minimum Gasteiger partial charge on any atom is -0.271 e. The lowest BCUT2D eigenvalue weighted by molar-refractivity contribution is 0.502. The number of halogens is 3. The summed E-state index contributed by atoms with van der Waals surface area (Å²) in [7, 11) is 0. The molecule has 0 bridgehead atoms. The van der Waals surface area contributed by atoms with E-state index >= 15 is 0 Å². The van der Waals surface area contributed by atoms with Crippen LogP contribution in [0.5, 0.6) is 0 Å². The summed E-state index contributed by atoms with van der Waals surface area (Å²) in [5, 5.41) is 0. The lowest BCUT2D eigenvalue weighted by Crippen LogP contribution is -2.38. The minimum absolute atomic E-state index is 0.305. The smallest absolute Gasteiger partial charge is 0.126 e. The predicted octanol–water partition coefficient (Wildman–Crippen LogP) is 2.72. The number of hydrogen-bond donors (Lipinski definition) is 2. The monoisotopic (exact) mass is 280 g/mol. The highest BCUT2D eigenvalue weighted by molar-refractivity contribution is 5.22. The Hall–Kier alpha value is -1.85. The van der Waals surface area contributed by atoms with Crippen molar-refractivity contribution < 1.29 is 13.2 Å². The van der Waals surface area contributed by atoms with Crippen molar-refractivity contribution in [3.05, 3.63) is 71.0 Å². The van der Waals surface area contributed by atoms with Crippen molar-refractivity contribution in [1.82, 2.24) is 5.43 Å². The number of hydrazine groups is 1. The van der Waals surface area contributed by atoms with Crippen molar-refractivity contribution in [3.8, 4) is 0 Å². The van der Waals surface area contributed by atoms with Gasteiger partial charge in [-0.15, -0.1) is 0 Å². The Morgan fingerprint density at radius 2 is 1.60 bits per heavy atom. The molecule has 5 heteroatoms. The summed E-state index contributed by atoms with van der Waals surface area (Å²) in [5.74, 6) is 3.84. The molecular weight excluding hydrogens is 265 g/mol. The molecule has 1 atom stereocenters. The molecule has 20 heavy (non-hydrogen) atoms. The molecule has 2 nitrogen and oxygen atoms in total. The quantitative estimate of drug-likeness (QED) is 0.653. The normalized spacial score (nSPS) is 12.4. The van der Waals surface area contributed by atoms with E-state index in [9.17, 15) is 13.2 Å². The average molecular weight is 280 g/mol. The number of nitrogens with two attached hydrogens (primary N) is 1. The van der Waals surface area contributed by atoms with Crippen LogP contribution in [0.4, 0.5) is 13.2 Å². The van der Waals surface area contributed by atoms with Gasteiger partial charge in [0.1, 0.15) is 17.5 Å². The Morgan fingerprint density at radius 1 is 0.950 bits per heavy atom. The molecule has 1 unspecified atom stereocenters. The maximum absolute atomic E-state index is 13.6. The van der Waals surface area contributed by atoms with Crippen LogP contribution in [0.3, 0.4) is 0 Å². The molecule has 0 radical (unpaired) electrons. The van der Waals surface area contributed by atoms with Gasteiger partial charge in [0.05, 0.1) is 0 Å². The number of nitrogens with one attached hydrogen (secondary N) is 1. The molecule has 0 amide bonds. The number of rotatable bonds is 5. The molecule has 0 saturated carbocycles. The molecular formula is C15H15F3N2. The van der Waals surface area contributed by atoms with Crippen molar-refractivity contribution in [2.24, 2.45) is 5.84 Å². The molecule has 2 aromatic carbocycles. The third kappa shape index (κ3) is 3.82. The van der Waals surface area contributed by atoms with Gasteiger partial charge in [-0.05, 0) is 42.2 Å². The van der Waals surface area contributed by atoms with E-state index in [1.807, 2.05) is 0 Å². The molecule has 0 spiro atoms. The van der Waals surface area contributed by atoms with E-state index in [1.54, 1.807) is 18.2 Å². The Labute approximate surface area is 115 Å². The van der Waals surface area contributed by atoms with Crippen LogP contribution in [0.1, 0.15) is 11.1 Å². The van der Waals surface area contributed by atoms with E-state index in [0.717, 1.165) is 6.07 Å². The van der Waals surface area contributed by atoms with E-state index < -0.39 is 11.6 Å². The van der Waals surface area contributed by atoms with Crippen molar-refractivity contribution in [1.29, 1.82) is 0 Å². The second-order valence-electron chi connectivity index (χ2n) is 4.64. The maximum atomic E-state index is 13.6. The highest BCUT2D eigenvalue weighted by atomic mass is 19.1. The molecule has 0 aliphatic carbocycles. The highest BCUT2D eigenvalue weighted by Gasteiger charge is 2.12. The third-order valence-corrected chi connectivity index (χ3v) is 3.06. The fraction of sp³-hybridized carbons (Fsp3) is 0.200. The largest absolute Gasteiger partial charge is 0.271 e. The van der Waals surface area contributed by atoms with Gasteiger partial charge in [-0.1, -0.05) is 18.2 Å². The zero-order valence-corrected chi connectivity index (χ0v) is 10.7. The van der Waals surface area contributed by atoms with Gasteiger partial charge in [0.2, 0.25) is 0 Å². The minimum atomic E-state index is -0.637.